The molecule has 0 saturated heterocycles. The molecule has 0 bridgehead atoms. The van der Waals surface area contributed by atoms with Crippen molar-refractivity contribution >= 4 is 27.7 Å². The second-order valence-corrected chi connectivity index (χ2v) is 7.41. The molecule has 2 heterocycles. The van der Waals surface area contributed by atoms with Crippen LogP contribution in [0.4, 0.5) is 0 Å². The predicted molar refractivity (Wildman–Crippen MR) is 114 cm³/mol. The van der Waals surface area contributed by atoms with Crippen LogP contribution in [0, 0.1) is 0 Å². The maximum Gasteiger partial charge on any atom is 0.354 e. The van der Waals surface area contributed by atoms with E-state index >= 15 is 0 Å². The Hall–Kier alpha value is -3.18. The quantitative estimate of drug-likeness (QED) is 0.484. The van der Waals surface area contributed by atoms with Crippen LogP contribution >= 0.6 is 15.9 Å². The minimum Gasteiger partial charge on any atom is -0.477 e. The Labute approximate surface area is 170 Å². The topological polar surface area (TPSA) is 45.6 Å². The monoisotopic (exact) mass is 433 g/mol. The van der Waals surface area contributed by atoms with Gasteiger partial charge < -0.3 is 5.11 Å². The first-order valence-corrected chi connectivity index (χ1v) is 9.67. The van der Waals surface area contributed by atoms with Crippen molar-refractivity contribution in [3.63, 3.8) is 0 Å². The van der Waals surface area contributed by atoms with Gasteiger partial charge in [0, 0.05) is 10.5 Å². The number of pyridine rings is 1. The van der Waals surface area contributed by atoms with Crippen molar-refractivity contribution in [3.05, 3.63) is 105 Å². The third kappa shape index (κ3) is 3.49. The fourth-order valence-corrected chi connectivity index (χ4v) is 3.74. The fourth-order valence-electron chi connectivity index (χ4n) is 3.23. The lowest BCUT2D eigenvalue weighted by atomic mass is 10.1. The number of rotatable bonds is 4. The van der Waals surface area contributed by atoms with E-state index in [1.165, 1.54) is 0 Å². The highest BCUT2D eigenvalue weighted by atomic mass is 79.9. The summed E-state index contributed by atoms with van der Waals surface area (Å²) in [6, 6.07) is 24.6. The number of benzene rings is 2. The van der Waals surface area contributed by atoms with E-state index in [1.54, 1.807) is 21.2 Å². The highest BCUT2D eigenvalue weighted by Gasteiger charge is 2.24. The molecule has 4 nitrogen and oxygen atoms in total. The van der Waals surface area contributed by atoms with Crippen LogP contribution < -0.4 is 10.1 Å². The summed E-state index contributed by atoms with van der Waals surface area (Å²) in [7, 11) is 0. The van der Waals surface area contributed by atoms with Crippen LogP contribution in [-0.2, 0) is 6.54 Å². The molecule has 1 N–H and O–H groups in total. The van der Waals surface area contributed by atoms with Crippen molar-refractivity contribution in [3.8, 4) is 17.0 Å². The molecular formula is C23H18BrN2O2+. The van der Waals surface area contributed by atoms with Gasteiger partial charge in [0.1, 0.15) is 6.54 Å². The van der Waals surface area contributed by atoms with E-state index in [4.69, 9.17) is 0 Å². The SMILES string of the molecule is O=c1c(-c2ccccc2)c(O)[n+](C/C(Br)=C/c2ccccc2)c2ccccn12. The summed E-state index contributed by atoms with van der Waals surface area (Å²) in [6.07, 6.45) is 3.72. The van der Waals surface area contributed by atoms with Crippen molar-refractivity contribution in [2.24, 2.45) is 0 Å². The van der Waals surface area contributed by atoms with Crippen molar-refractivity contribution in [1.29, 1.82) is 0 Å². The van der Waals surface area contributed by atoms with Gasteiger partial charge in [-0.2, -0.15) is 8.97 Å². The molecule has 138 valence electrons. The van der Waals surface area contributed by atoms with E-state index in [1.807, 2.05) is 78.9 Å². The summed E-state index contributed by atoms with van der Waals surface area (Å²) in [5, 5.41) is 11.0. The van der Waals surface area contributed by atoms with Gasteiger partial charge in [-0.1, -0.05) is 82.7 Å². The van der Waals surface area contributed by atoms with Crippen molar-refractivity contribution in [1.82, 2.24) is 4.40 Å². The molecule has 4 aromatic rings. The second-order valence-electron chi connectivity index (χ2n) is 6.39. The van der Waals surface area contributed by atoms with E-state index < -0.39 is 0 Å². The van der Waals surface area contributed by atoms with Gasteiger partial charge in [-0.25, -0.2) is 4.79 Å². The molecule has 0 amide bonds. The minimum absolute atomic E-state index is 0.0548. The summed E-state index contributed by atoms with van der Waals surface area (Å²) in [5.74, 6) is -0.0548. The van der Waals surface area contributed by atoms with Gasteiger partial charge in [-0.05, 0) is 23.3 Å². The van der Waals surface area contributed by atoms with Gasteiger partial charge in [-0.15, -0.1) is 0 Å². The Morgan fingerprint density at radius 1 is 0.964 bits per heavy atom. The molecule has 0 unspecified atom stereocenters. The highest BCUT2D eigenvalue weighted by Crippen LogP contribution is 2.24. The van der Waals surface area contributed by atoms with E-state index in [2.05, 4.69) is 15.9 Å². The highest BCUT2D eigenvalue weighted by molar-refractivity contribution is 9.11. The average molecular weight is 434 g/mol. The standard InChI is InChI=1S/C23H17BrN2O2/c24-19(15-17-9-3-1-4-10-17)16-26-20-13-7-8-14-25(20)22(27)21(23(26)28)18-11-5-2-6-12-18/h1-15H,16H2/p+1/b19-15-. The molecule has 0 atom stereocenters. The third-order valence-corrected chi connectivity index (χ3v) is 5.00. The van der Waals surface area contributed by atoms with Gasteiger partial charge in [0.25, 0.3) is 11.5 Å². The number of allylic oxidation sites excluding steroid dienone is 1. The Morgan fingerprint density at radius 3 is 2.32 bits per heavy atom. The number of aromatic nitrogens is 2. The van der Waals surface area contributed by atoms with Crippen molar-refractivity contribution in [2.45, 2.75) is 6.54 Å². The molecule has 0 aliphatic heterocycles. The van der Waals surface area contributed by atoms with Gasteiger partial charge in [0.05, 0.1) is 6.20 Å². The van der Waals surface area contributed by atoms with Crippen LogP contribution in [0.1, 0.15) is 5.56 Å². The number of aromatic hydroxyl groups is 1. The van der Waals surface area contributed by atoms with Crippen LogP contribution in [0.5, 0.6) is 5.88 Å². The fraction of sp³-hybridized carbons (Fsp3) is 0.0435. The molecule has 28 heavy (non-hydrogen) atoms. The zero-order valence-corrected chi connectivity index (χ0v) is 16.6. The lowest BCUT2D eigenvalue weighted by molar-refractivity contribution is -0.670. The van der Waals surface area contributed by atoms with Crippen molar-refractivity contribution < 1.29 is 9.67 Å². The minimum atomic E-state index is -0.251. The van der Waals surface area contributed by atoms with E-state index in [9.17, 15) is 9.90 Å². The van der Waals surface area contributed by atoms with E-state index in [0.717, 1.165) is 10.0 Å². The summed E-state index contributed by atoms with van der Waals surface area (Å²) in [6.45, 7) is 0.383. The largest absolute Gasteiger partial charge is 0.477 e. The predicted octanol–water partition coefficient (Wildman–Crippen LogP) is 4.40. The maximum atomic E-state index is 13.0. The molecule has 0 fully saturated rings. The van der Waals surface area contributed by atoms with Crippen LogP contribution in [0.2, 0.25) is 0 Å². The van der Waals surface area contributed by atoms with Crippen LogP contribution in [0.25, 0.3) is 22.9 Å². The normalized spacial score (nSPS) is 11.7. The molecule has 2 aromatic carbocycles. The lowest BCUT2D eigenvalue weighted by Gasteiger charge is -2.10. The van der Waals surface area contributed by atoms with Crippen LogP contribution in [0.3, 0.4) is 0 Å². The summed E-state index contributed by atoms with van der Waals surface area (Å²) < 4.78 is 4.17. The molecular weight excluding hydrogens is 416 g/mol. The van der Waals surface area contributed by atoms with E-state index in [-0.39, 0.29) is 17.0 Å². The first kappa shape index (κ1) is 18.2. The number of nitrogens with zero attached hydrogens (tertiary/aromatic N) is 2. The average Bonchev–Trinajstić information content (AvgIpc) is 2.73. The molecule has 0 aliphatic rings. The molecule has 2 aromatic heterocycles. The Morgan fingerprint density at radius 2 is 1.61 bits per heavy atom. The maximum absolute atomic E-state index is 13.0. The smallest absolute Gasteiger partial charge is 0.354 e. The lowest BCUT2D eigenvalue weighted by Crippen LogP contribution is -2.41. The van der Waals surface area contributed by atoms with Crippen molar-refractivity contribution in [2.75, 3.05) is 0 Å². The zero-order valence-electron chi connectivity index (χ0n) is 15.0. The third-order valence-electron chi connectivity index (χ3n) is 4.52. The van der Waals surface area contributed by atoms with Gasteiger partial charge in [0.2, 0.25) is 0 Å². The summed E-state index contributed by atoms with van der Waals surface area (Å²) in [5.41, 5.74) is 2.38. The zero-order chi connectivity index (χ0) is 19.5. The molecule has 0 saturated carbocycles. The Kier molecular flexibility index (Phi) is 5.08. The Bertz CT molecular complexity index is 1220. The van der Waals surface area contributed by atoms with Crippen LogP contribution in [-0.4, -0.2) is 9.51 Å². The molecule has 0 aliphatic carbocycles. The molecule has 0 radical (unpaired) electrons. The number of hydrogen-bond donors (Lipinski definition) is 1. The van der Waals surface area contributed by atoms with E-state index in [0.29, 0.717) is 17.8 Å². The first-order chi connectivity index (χ1) is 13.6. The molecule has 5 heteroatoms. The number of halogens is 1. The van der Waals surface area contributed by atoms with Gasteiger partial charge >= 0.3 is 5.56 Å². The summed E-state index contributed by atoms with van der Waals surface area (Å²) in [4.78, 5) is 13.0. The Balaban J connectivity index is 1.90. The molecule has 4 rings (SSSR count). The van der Waals surface area contributed by atoms with Gasteiger partial charge in [-0.3, -0.25) is 0 Å². The first-order valence-electron chi connectivity index (χ1n) is 8.88. The van der Waals surface area contributed by atoms with Gasteiger partial charge in [0.15, 0.2) is 5.56 Å². The molecule has 0 spiro atoms. The van der Waals surface area contributed by atoms with Crippen LogP contribution in [0.15, 0.2) is 94.3 Å². The second kappa shape index (κ2) is 7.82. The summed E-state index contributed by atoms with van der Waals surface area (Å²) >= 11 is 3.61. The number of hydrogen-bond acceptors (Lipinski definition) is 2. The number of fused-ring (bicyclic) bond motifs is 1.